The van der Waals surface area contributed by atoms with Gasteiger partial charge in [0.2, 0.25) is 11.8 Å². The molecule has 2 N–H and O–H groups in total. The summed E-state index contributed by atoms with van der Waals surface area (Å²) in [4.78, 5) is 39.8. The van der Waals surface area contributed by atoms with Crippen molar-refractivity contribution in [3.8, 4) is 5.75 Å². The number of nitrogens with one attached hydrogen (secondary N) is 2. The lowest BCUT2D eigenvalue weighted by molar-refractivity contribution is -0.122. The van der Waals surface area contributed by atoms with Crippen LogP contribution in [0.25, 0.3) is 0 Å². The molecule has 1 aliphatic carbocycles. The number of amides is 3. The Morgan fingerprint density at radius 2 is 1.74 bits per heavy atom. The van der Waals surface area contributed by atoms with Crippen LogP contribution in [0.5, 0.6) is 5.75 Å². The fourth-order valence-corrected chi connectivity index (χ4v) is 4.25. The highest BCUT2D eigenvalue weighted by atomic mass is 16.5. The predicted octanol–water partition coefficient (Wildman–Crippen LogP) is 3.36. The van der Waals surface area contributed by atoms with Gasteiger partial charge in [0.25, 0.3) is 5.91 Å². The number of ether oxygens (including phenoxy) is 1. The number of hydrogen-bond donors (Lipinski definition) is 2. The van der Waals surface area contributed by atoms with Crippen LogP contribution in [0.4, 0.5) is 11.4 Å². The van der Waals surface area contributed by atoms with Gasteiger partial charge in [0.15, 0.2) is 0 Å². The van der Waals surface area contributed by atoms with Crippen LogP contribution < -0.4 is 20.3 Å². The molecule has 1 atom stereocenters. The third-order valence-corrected chi connectivity index (χ3v) is 6.00. The maximum Gasteiger partial charge on any atom is 0.253 e. The largest absolute Gasteiger partial charge is 0.497 e. The van der Waals surface area contributed by atoms with Crippen molar-refractivity contribution in [3.05, 3.63) is 54.1 Å². The molecule has 0 bridgehead atoms. The molecule has 2 fully saturated rings. The minimum absolute atomic E-state index is 0.0995. The summed E-state index contributed by atoms with van der Waals surface area (Å²) in [6, 6.07) is 14.4. The number of para-hydroxylation sites is 1. The number of anilines is 2. The van der Waals surface area contributed by atoms with Gasteiger partial charge in [-0.05, 0) is 49.2 Å². The Kier molecular flexibility index (Phi) is 6.21. The topological polar surface area (TPSA) is 87.7 Å². The third kappa shape index (κ3) is 4.71. The highest BCUT2D eigenvalue weighted by molar-refractivity contribution is 6.07. The van der Waals surface area contributed by atoms with E-state index in [4.69, 9.17) is 4.74 Å². The normalized spacial score (nSPS) is 18.8. The first-order valence-electron chi connectivity index (χ1n) is 10.7. The Hall–Kier alpha value is -3.35. The second-order valence-corrected chi connectivity index (χ2v) is 8.09. The molecular weight excluding hydrogens is 394 g/mol. The molecule has 0 unspecified atom stereocenters. The highest BCUT2D eigenvalue weighted by Crippen LogP contribution is 2.28. The van der Waals surface area contributed by atoms with Crippen LogP contribution in [-0.4, -0.2) is 37.4 Å². The Morgan fingerprint density at radius 3 is 2.45 bits per heavy atom. The van der Waals surface area contributed by atoms with Gasteiger partial charge in [0.1, 0.15) is 5.75 Å². The molecule has 31 heavy (non-hydrogen) atoms. The van der Waals surface area contributed by atoms with Crippen molar-refractivity contribution < 1.29 is 19.1 Å². The Labute approximate surface area is 181 Å². The molecule has 1 saturated heterocycles. The maximum atomic E-state index is 12.9. The van der Waals surface area contributed by atoms with Crippen LogP contribution in [0.1, 0.15) is 42.5 Å². The van der Waals surface area contributed by atoms with Crippen molar-refractivity contribution in [1.82, 2.24) is 5.32 Å². The summed E-state index contributed by atoms with van der Waals surface area (Å²) >= 11 is 0. The van der Waals surface area contributed by atoms with E-state index in [1.165, 1.54) is 0 Å². The van der Waals surface area contributed by atoms with E-state index < -0.39 is 5.92 Å². The number of rotatable bonds is 6. The predicted molar refractivity (Wildman–Crippen MR) is 118 cm³/mol. The molecule has 0 aromatic heterocycles. The van der Waals surface area contributed by atoms with Crippen LogP contribution in [0.2, 0.25) is 0 Å². The molecule has 0 spiro atoms. The fourth-order valence-electron chi connectivity index (χ4n) is 4.25. The molecule has 0 radical (unpaired) electrons. The lowest BCUT2D eigenvalue weighted by atomic mass is 10.1. The van der Waals surface area contributed by atoms with E-state index in [9.17, 15) is 14.4 Å². The number of carbonyl (C=O) groups is 3. The van der Waals surface area contributed by atoms with Crippen LogP contribution in [0.3, 0.4) is 0 Å². The lowest BCUT2D eigenvalue weighted by Gasteiger charge is -2.18. The minimum Gasteiger partial charge on any atom is -0.497 e. The van der Waals surface area contributed by atoms with Crippen molar-refractivity contribution in [1.29, 1.82) is 0 Å². The van der Waals surface area contributed by atoms with Gasteiger partial charge in [-0.3, -0.25) is 14.4 Å². The number of methoxy groups -OCH3 is 1. The first-order valence-corrected chi connectivity index (χ1v) is 10.7. The minimum atomic E-state index is -0.486. The van der Waals surface area contributed by atoms with Gasteiger partial charge < -0.3 is 20.3 Å². The molecule has 2 aliphatic rings. The monoisotopic (exact) mass is 421 g/mol. The quantitative estimate of drug-likeness (QED) is 0.749. The van der Waals surface area contributed by atoms with Gasteiger partial charge >= 0.3 is 0 Å². The molecule has 1 heterocycles. The van der Waals surface area contributed by atoms with Crippen molar-refractivity contribution in [2.45, 2.75) is 38.1 Å². The second kappa shape index (κ2) is 9.20. The van der Waals surface area contributed by atoms with Crippen molar-refractivity contribution >= 4 is 29.1 Å². The maximum absolute atomic E-state index is 12.9. The number of carbonyl (C=O) groups excluding carboxylic acids is 3. The van der Waals surface area contributed by atoms with E-state index in [0.29, 0.717) is 23.5 Å². The fraction of sp³-hybridized carbons (Fsp3) is 0.375. The molecule has 7 nitrogen and oxygen atoms in total. The summed E-state index contributed by atoms with van der Waals surface area (Å²) in [5, 5.41) is 5.93. The number of benzene rings is 2. The lowest BCUT2D eigenvalue weighted by Crippen LogP contribution is -2.34. The zero-order valence-electron chi connectivity index (χ0n) is 17.6. The summed E-state index contributed by atoms with van der Waals surface area (Å²) in [6.07, 6.45) is 4.37. The zero-order valence-corrected chi connectivity index (χ0v) is 17.6. The molecule has 2 aromatic rings. The number of hydrogen-bond acceptors (Lipinski definition) is 4. The third-order valence-electron chi connectivity index (χ3n) is 6.00. The molecule has 162 valence electrons. The van der Waals surface area contributed by atoms with Gasteiger partial charge in [-0.25, -0.2) is 0 Å². The summed E-state index contributed by atoms with van der Waals surface area (Å²) in [7, 11) is 1.59. The van der Waals surface area contributed by atoms with Crippen LogP contribution in [0, 0.1) is 5.92 Å². The van der Waals surface area contributed by atoms with Crippen molar-refractivity contribution in [2.24, 2.45) is 5.92 Å². The van der Waals surface area contributed by atoms with E-state index >= 15 is 0 Å². The molecular formula is C24H27N3O4. The Bertz CT molecular complexity index is 967. The Morgan fingerprint density at radius 1 is 1.03 bits per heavy atom. The average molecular weight is 421 g/mol. The van der Waals surface area contributed by atoms with Crippen LogP contribution in [-0.2, 0) is 9.59 Å². The average Bonchev–Trinajstić information content (AvgIpc) is 3.44. The summed E-state index contributed by atoms with van der Waals surface area (Å²) in [5.74, 6) is -0.314. The molecule has 4 rings (SSSR count). The second-order valence-electron chi connectivity index (χ2n) is 8.09. The van der Waals surface area contributed by atoms with Gasteiger partial charge in [0, 0.05) is 24.7 Å². The Balaban J connectivity index is 1.42. The van der Waals surface area contributed by atoms with Crippen LogP contribution >= 0.6 is 0 Å². The first kappa shape index (κ1) is 20.9. The van der Waals surface area contributed by atoms with Gasteiger partial charge in [-0.2, -0.15) is 0 Å². The van der Waals surface area contributed by atoms with Crippen LogP contribution in [0.15, 0.2) is 48.5 Å². The molecule has 7 heteroatoms. The zero-order chi connectivity index (χ0) is 21.8. The van der Waals surface area contributed by atoms with Gasteiger partial charge in [-0.15, -0.1) is 0 Å². The highest BCUT2D eigenvalue weighted by Gasteiger charge is 2.35. The summed E-state index contributed by atoms with van der Waals surface area (Å²) in [6.45, 7) is 0.299. The first-order chi connectivity index (χ1) is 15.0. The summed E-state index contributed by atoms with van der Waals surface area (Å²) < 4.78 is 5.16. The van der Waals surface area contributed by atoms with E-state index in [1.54, 1.807) is 60.5 Å². The molecule has 2 aromatic carbocycles. The SMILES string of the molecule is COc1ccc(N2C[C@@H](C(=O)Nc3ccccc3C(=O)NC3CCCC3)CC2=O)cc1. The van der Waals surface area contributed by atoms with E-state index in [2.05, 4.69) is 10.6 Å². The number of nitrogens with zero attached hydrogens (tertiary/aromatic N) is 1. The smallest absolute Gasteiger partial charge is 0.253 e. The summed E-state index contributed by atoms with van der Waals surface area (Å²) in [5.41, 5.74) is 1.65. The van der Waals surface area contributed by atoms with Crippen molar-refractivity contribution in [3.63, 3.8) is 0 Å². The van der Waals surface area contributed by atoms with Gasteiger partial charge in [-0.1, -0.05) is 25.0 Å². The molecule has 1 saturated carbocycles. The van der Waals surface area contributed by atoms with E-state index in [-0.39, 0.29) is 30.2 Å². The van der Waals surface area contributed by atoms with Gasteiger partial charge in [0.05, 0.1) is 24.3 Å². The molecule has 1 aliphatic heterocycles. The van der Waals surface area contributed by atoms with E-state index in [1.807, 2.05) is 0 Å². The van der Waals surface area contributed by atoms with E-state index in [0.717, 1.165) is 31.4 Å². The van der Waals surface area contributed by atoms with Crippen molar-refractivity contribution in [2.75, 3.05) is 23.9 Å². The standard InChI is InChI=1S/C24H27N3O4/c1-31-19-12-10-18(11-13-19)27-15-16(14-22(27)28)23(29)26-21-9-5-4-8-20(21)24(30)25-17-6-2-3-7-17/h4-5,8-13,16-17H,2-3,6-7,14-15H2,1H3,(H,25,30)(H,26,29)/t16-/m0/s1. The molecule has 3 amide bonds.